The van der Waals surface area contributed by atoms with Crippen LogP contribution in [0.3, 0.4) is 0 Å². The van der Waals surface area contributed by atoms with E-state index in [1.807, 2.05) is 26.2 Å². The van der Waals surface area contributed by atoms with Crippen molar-refractivity contribution in [2.45, 2.75) is 13.3 Å². The third kappa shape index (κ3) is 5.62. The number of hydrogen-bond donors (Lipinski definition) is 0. The molecule has 0 aliphatic carbocycles. The van der Waals surface area contributed by atoms with Gasteiger partial charge in [-0.2, -0.15) is 0 Å². The molecule has 0 amide bonds. The van der Waals surface area contributed by atoms with Crippen molar-refractivity contribution in [3.05, 3.63) is 95.6 Å². The van der Waals surface area contributed by atoms with Crippen LogP contribution >= 0.6 is 0 Å². The largest absolute Gasteiger partial charge is 0.492 e. The number of likely N-dealkylation sites (N-methyl/N-ethyl adjacent to an activating group) is 1. The summed E-state index contributed by atoms with van der Waals surface area (Å²) in [5.41, 5.74) is 6.91. The molecule has 0 N–H and O–H groups in total. The summed E-state index contributed by atoms with van der Waals surface area (Å²) >= 11 is 0. The summed E-state index contributed by atoms with van der Waals surface area (Å²) in [5, 5.41) is 0. The molecule has 3 aromatic carbocycles. The summed E-state index contributed by atoms with van der Waals surface area (Å²) in [4.78, 5) is 2.11. The average Bonchev–Trinajstić information content (AvgIpc) is 2.74. The van der Waals surface area contributed by atoms with Crippen molar-refractivity contribution in [1.29, 1.82) is 0 Å². The molecular formula is C26H28BNO. The first-order valence-corrected chi connectivity index (χ1v) is 10.1. The number of ether oxygens (including phenoxy) is 1. The molecule has 0 fully saturated rings. The van der Waals surface area contributed by atoms with Crippen LogP contribution in [0.4, 0.5) is 0 Å². The minimum absolute atomic E-state index is 0.678. The Hall–Kier alpha value is -2.78. The van der Waals surface area contributed by atoms with Crippen LogP contribution in [0.1, 0.15) is 30.0 Å². The molecule has 0 aliphatic rings. The highest BCUT2D eigenvalue weighted by Crippen LogP contribution is 2.34. The van der Waals surface area contributed by atoms with Crippen molar-refractivity contribution in [3.8, 4) is 5.75 Å². The van der Waals surface area contributed by atoms with E-state index < -0.39 is 0 Å². The molecule has 0 saturated carbocycles. The van der Waals surface area contributed by atoms with Crippen LogP contribution < -0.4 is 10.2 Å². The van der Waals surface area contributed by atoms with Gasteiger partial charge in [0.2, 0.25) is 0 Å². The fraction of sp³-hybridized carbons (Fsp3) is 0.231. The van der Waals surface area contributed by atoms with Gasteiger partial charge in [-0.15, -0.1) is 0 Å². The number of allylic oxidation sites excluding steroid dienone is 1. The van der Waals surface area contributed by atoms with E-state index in [0.717, 1.165) is 24.2 Å². The monoisotopic (exact) mass is 381 g/mol. The van der Waals surface area contributed by atoms with Gasteiger partial charge in [0.25, 0.3) is 0 Å². The Morgan fingerprint density at radius 1 is 0.793 bits per heavy atom. The zero-order valence-corrected chi connectivity index (χ0v) is 17.6. The predicted octanol–water partition coefficient (Wildman–Crippen LogP) is 4.79. The minimum atomic E-state index is 0.678. The zero-order chi connectivity index (χ0) is 20.6. The standard InChI is InChI=1S/C26H28BNO/c1-4-25(20-8-6-5-7-9-20)26(21-10-14-23(27)15-11-21)22-12-16-24(17-13-22)29-19-18-28(2)3/h5-17H,4,18-19H2,1-3H3/b26-25-. The van der Waals surface area contributed by atoms with Crippen molar-refractivity contribution in [3.63, 3.8) is 0 Å². The molecule has 2 nitrogen and oxygen atoms in total. The van der Waals surface area contributed by atoms with E-state index in [4.69, 9.17) is 12.6 Å². The maximum atomic E-state index is 5.94. The maximum absolute atomic E-state index is 5.94. The lowest BCUT2D eigenvalue weighted by atomic mass is 9.86. The Morgan fingerprint density at radius 3 is 1.93 bits per heavy atom. The fourth-order valence-corrected chi connectivity index (χ4v) is 3.39. The summed E-state index contributed by atoms with van der Waals surface area (Å²) in [5.74, 6) is 0.894. The van der Waals surface area contributed by atoms with Crippen LogP contribution in [0, 0.1) is 0 Å². The van der Waals surface area contributed by atoms with Gasteiger partial charge in [0.05, 0.1) is 0 Å². The molecule has 146 valence electrons. The summed E-state index contributed by atoms with van der Waals surface area (Å²) < 4.78 is 5.87. The molecule has 0 spiro atoms. The zero-order valence-electron chi connectivity index (χ0n) is 17.6. The van der Waals surface area contributed by atoms with Crippen LogP contribution in [-0.2, 0) is 0 Å². The lowest BCUT2D eigenvalue weighted by Crippen LogP contribution is -2.19. The molecule has 0 unspecified atom stereocenters. The van der Waals surface area contributed by atoms with Crippen molar-refractivity contribution in [2.75, 3.05) is 27.2 Å². The topological polar surface area (TPSA) is 12.5 Å². The highest BCUT2D eigenvalue weighted by atomic mass is 16.5. The Labute approximate surface area is 176 Å². The van der Waals surface area contributed by atoms with E-state index >= 15 is 0 Å². The van der Waals surface area contributed by atoms with Gasteiger partial charge in [0, 0.05) is 6.54 Å². The van der Waals surface area contributed by atoms with Crippen LogP contribution in [0.25, 0.3) is 11.1 Å². The minimum Gasteiger partial charge on any atom is -0.492 e. The smallest absolute Gasteiger partial charge is 0.119 e. The van der Waals surface area contributed by atoms with E-state index in [-0.39, 0.29) is 0 Å². The van der Waals surface area contributed by atoms with E-state index in [0.29, 0.717) is 6.61 Å². The van der Waals surface area contributed by atoms with Crippen molar-refractivity contribution >= 4 is 24.5 Å². The molecule has 0 aromatic heterocycles. The van der Waals surface area contributed by atoms with E-state index in [9.17, 15) is 0 Å². The Balaban J connectivity index is 2.02. The van der Waals surface area contributed by atoms with Crippen LogP contribution in [0.15, 0.2) is 78.9 Å². The first-order valence-electron chi connectivity index (χ1n) is 10.1. The van der Waals surface area contributed by atoms with Gasteiger partial charge in [-0.3, -0.25) is 0 Å². The van der Waals surface area contributed by atoms with Gasteiger partial charge in [0.1, 0.15) is 20.2 Å². The van der Waals surface area contributed by atoms with Crippen LogP contribution in [-0.4, -0.2) is 40.0 Å². The lowest BCUT2D eigenvalue weighted by Gasteiger charge is -2.17. The summed E-state index contributed by atoms with van der Waals surface area (Å²) in [6, 6.07) is 27.1. The Morgan fingerprint density at radius 2 is 1.38 bits per heavy atom. The summed E-state index contributed by atoms with van der Waals surface area (Å²) in [7, 11) is 10.0. The van der Waals surface area contributed by atoms with Gasteiger partial charge >= 0.3 is 0 Å². The van der Waals surface area contributed by atoms with Gasteiger partial charge in [-0.05, 0) is 60.5 Å². The van der Waals surface area contributed by atoms with Gasteiger partial charge < -0.3 is 9.64 Å². The maximum Gasteiger partial charge on any atom is 0.119 e. The molecule has 29 heavy (non-hydrogen) atoms. The average molecular weight is 381 g/mol. The first-order chi connectivity index (χ1) is 14.1. The number of hydrogen-bond acceptors (Lipinski definition) is 2. The van der Waals surface area contributed by atoms with Gasteiger partial charge in [0.15, 0.2) is 0 Å². The Bertz CT molecular complexity index is 929. The Kier molecular flexibility index (Phi) is 7.32. The number of benzene rings is 3. The number of nitrogens with zero attached hydrogens (tertiary/aromatic N) is 1. The quantitative estimate of drug-likeness (QED) is 0.411. The third-order valence-electron chi connectivity index (χ3n) is 4.93. The van der Waals surface area contributed by atoms with Crippen molar-refractivity contribution in [1.82, 2.24) is 4.90 Å². The van der Waals surface area contributed by atoms with E-state index in [2.05, 4.69) is 78.6 Å². The predicted molar refractivity (Wildman–Crippen MR) is 125 cm³/mol. The molecule has 0 atom stereocenters. The fourth-order valence-electron chi connectivity index (χ4n) is 3.39. The highest BCUT2D eigenvalue weighted by Gasteiger charge is 2.13. The second-order valence-electron chi connectivity index (χ2n) is 7.37. The SMILES string of the molecule is [B]c1ccc(/C(=C(\CC)c2ccccc2)c2ccc(OCCN(C)C)cc2)cc1. The highest BCUT2D eigenvalue weighted by molar-refractivity contribution is 6.32. The van der Waals surface area contributed by atoms with E-state index in [1.54, 1.807) is 0 Å². The lowest BCUT2D eigenvalue weighted by molar-refractivity contribution is 0.261. The normalized spacial score (nSPS) is 12.0. The third-order valence-corrected chi connectivity index (χ3v) is 4.93. The molecule has 3 aromatic rings. The second-order valence-corrected chi connectivity index (χ2v) is 7.37. The molecule has 0 saturated heterocycles. The van der Waals surface area contributed by atoms with Gasteiger partial charge in [-0.25, -0.2) is 0 Å². The molecule has 0 bridgehead atoms. The van der Waals surface area contributed by atoms with Crippen LogP contribution in [0.5, 0.6) is 5.75 Å². The number of rotatable bonds is 8. The first kappa shape index (κ1) is 20.9. The molecule has 0 aliphatic heterocycles. The molecule has 3 heteroatoms. The van der Waals surface area contributed by atoms with Crippen molar-refractivity contribution in [2.24, 2.45) is 0 Å². The molecular weight excluding hydrogens is 353 g/mol. The molecule has 0 heterocycles. The van der Waals surface area contributed by atoms with Crippen LogP contribution in [0.2, 0.25) is 0 Å². The molecule has 2 radical (unpaired) electrons. The summed E-state index contributed by atoms with van der Waals surface area (Å²) in [6.07, 6.45) is 0.935. The van der Waals surface area contributed by atoms with E-state index in [1.165, 1.54) is 27.8 Å². The molecule has 3 rings (SSSR count). The second kappa shape index (κ2) is 10.1. The summed E-state index contributed by atoms with van der Waals surface area (Å²) in [6.45, 7) is 3.78. The van der Waals surface area contributed by atoms with Gasteiger partial charge in [-0.1, -0.05) is 79.1 Å². The van der Waals surface area contributed by atoms with Crippen molar-refractivity contribution < 1.29 is 4.74 Å².